The SMILES string of the molecule is CC1=CC(C)(C)N(C)c2cc(C)c(/C=C(/C#N)C(=O)Nc3ccc(Cl)cc3)cc21. The summed E-state index contributed by atoms with van der Waals surface area (Å²) in [6.45, 7) is 8.44. The summed E-state index contributed by atoms with van der Waals surface area (Å²) < 4.78 is 0. The van der Waals surface area contributed by atoms with E-state index in [4.69, 9.17) is 11.6 Å². The Balaban J connectivity index is 1.96. The number of amides is 1. The largest absolute Gasteiger partial charge is 0.365 e. The summed E-state index contributed by atoms with van der Waals surface area (Å²) in [5.74, 6) is -0.447. The molecule has 0 spiro atoms. The number of hydrogen-bond acceptors (Lipinski definition) is 3. The molecule has 3 rings (SSSR count). The predicted octanol–water partition coefficient (Wildman–Crippen LogP) is 5.83. The highest BCUT2D eigenvalue weighted by Gasteiger charge is 2.28. The third-order valence-electron chi connectivity index (χ3n) is 5.37. The molecule has 1 heterocycles. The predicted molar refractivity (Wildman–Crippen MR) is 121 cm³/mol. The standard InChI is InChI=1S/C24H24ClN3O/c1-15-10-22-21(16(2)13-24(3,4)28(22)5)12-17(15)11-18(14-26)23(29)27-20-8-6-19(25)7-9-20/h6-13H,1-5H3,(H,27,29)/b18-11-. The van der Waals surface area contributed by atoms with Crippen molar-refractivity contribution in [3.05, 3.63) is 69.8 Å². The van der Waals surface area contributed by atoms with E-state index in [0.29, 0.717) is 10.7 Å². The van der Waals surface area contributed by atoms with Crippen LogP contribution in [0.15, 0.2) is 48.0 Å². The number of nitrogens with one attached hydrogen (secondary N) is 1. The van der Waals surface area contributed by atoms with Crippen molar-refractivity contribution in [2.75, 3.05) is 17.3 Å². The molecule has 2 aromatic rings. The Hall–Kier alpha value is -3.03. The maximum atomic E-state index is 12.6. The van der Waals surface area contributed by atoms with Crippen LogP contribution < -0.4 is 10.2 Å². The molecule has 1 amide bonds. The Morgan fingerprint density at radius 2 is 1.86 bits per heavy atom. The third kappa shape index (κ3) is 4.21. The number of aryl methyl sites for hydroxylation is 1. The van der Waals surface area contributed by atoms with Crippen molar-refractivity contribution < 1.29 is 4.79 Å². The molecule has 1 aliphatic rings. The van der Waals surface area contributed by atoms with Crippen LogP contribution in [0.4, 0.5) is 11.4 Å². The number of likely N-dealkylation sites (N-methyl/N-ethyl adjacent to an activating group) is 1. The van der Waals surface area contributed by atoms with Crippen molar-refractivity contribution in [2.45, 2.75) is 33.2 Å². The molecular formula is C24H24ClN3O. The van der Waals surface area contributed by atoms with E-state index in [1.54, 1.807) is 30.3 Å². The van der Waals surface area contributed by atoms with Gasteiger partial charge in [-0.2, -0.15) is 5.26 Å². The number of anilines is 2. The van der Waals surface area contributed by atoms with Gasteiger partial charge in [0.15, 0.2) is 0 Å². The van der Waals surface area contributed by atoms with Gasteiger partial charge >= 0.3 is 0 Å². The summed E-state index contributed by atoms with van der Waals surface area (Å²) in [5, 5.41) is 12.9. The first-order chi connectivity index (χ1) is 13.6. The number of nitrogens with zero attached hydrogens (tertiary/aromatic N) is 2. The first-order valence-electron chi connectivity index (χ1n) is 9.39. The summed E-state index contributed by atoms with van der Waals surface area (Å²) in [4.78, 5) is 14.8. The monoisotopic (exact) mass is 405 g/mol. The maximum Gasteiger partial charge on any atom is 0.266 e. The van der Waals surface area contributed by atoms with Crippen LogP contribution >= 0.6 is 11.6 Å². The number of rotatable bonds is 3. The van der Waals surface area contributed by atoms with Crippen LogP contribution in [0, 0.1) is 18.3 Å². The number of halogens is 1. The zero-order valence-electron chi connectivity index (χ0n) is 17.3. The molecule has 5 heteroatoms. The molecule has 2 aromatic carbocycles. The summed E-state index contributed by atoms with van der Waals surface area (Å²) in [6, 6.07) is 13.0. The highest BCUT2D eigenvalue weighted by atomic mass is 35.5. The van der Waals surface area contributed by atoms with Gasteiger partial charge < -0.3 is 10.2 Å². The number of carbonyl (C=O) groups is 1. The molecule has 1 N–H and O–H groups in total. The molecule has 0 fully saturated rings. The average molecular weight is 406 g/mol. The minimum atomic E-state index is -0.447. The summed E-state index contributed by atoms with van der Waals surface area (Å²) in [5.41, 5.74) is 5.87. The van der Waals surface area contributed by atoms with E-state index < -0.39 is 5.91 Å². The van der Waals surface area contributed by atoms with Gasteiger partial charge in [0.25, 0.3) is 5.91 Å². The van der Waals surface area contributed by atoms with Gasteiger partial charge in [0.1, 0.15) is 11.6 Å². The zero-order chi connectivity index (χ0) is 21.3. The molecule has 0 atom stereocenters. The minimum absolute atomic E-state index is 0.0501. The zero-order valence-corrected chi connectivity index (χ0v) is 18.1. The molecule has 29 heavy (non-hydrogen) atoms. The Morgan fingerprint density at radius 1 is 1.21 bits per heavy atom. The lowest BCUT2D eigenvalue weighted by molar-refractivity contribution is -0.112. The number of carbonyl (C=O) groups excluding carboxylic acids is 1. The van der Waals surface area contributed by atoms with Crippen molar-refractivity contribution in [1.29, 1.82) is 5.26 Å². The molecule has 0 saturated carbocycles. The van der Waals surface area contributed by atoms with E-state index in [-0.39, 0.29) is 11.1 Å². The number of benzene rings is 2. The maximum absolute atomic E-state index is 12.6. The molecule has 148 valence electrons. The van der Waals surface area contributed by atoms with Crippen LogP contribution in [0.3, 0.4) is 0 Å². The lowest BCUT2D eigenvalue weighted by atomic mass is 9.87. The van der Waals surface area contributed by atoms with Crippen molar-refractivity contribution in [3.63, 3.8) is 0 Å². The van der Waals surface area contributed by atoms with Gasteiger partial charge in [-0.1, -0.05) is 17.7 Å². The van der Waals surface area contributed by atoms with Crippen molar-refractivity contribution in [2.24, 2.45) is 0 Å². The van der Waals surface area contributed by atoms with Gasteiger partial charge in [-0.25, -0.2) is 0 Å². The minimum Gasteiger partial charge on any atom is -0.365 e. The number of allylic oxidation sites excluding steroid dienone is 1. The Kier molecular flexibility index (Phi) is 5.55. The van der Waals surface area contributed by atoms with E-state index in [2.05, 4.69) is 56.2 Å². The van der Waals surface area contributed by atoms with Gasteiger partial charge in [0.2, 0.25) is 0 Å². The number of nitriles is 1. The van der Waals surface area contributed by atoms with Gasteiger partial charge in [-0.05, 0) is 86.9 Å². The van der Waals surface area contributed by atoms with Crippen LogP contribution in [-0.2, 0) is 4.79 Å². The average Bonchev–Trinajstić information content (AvgIpc) is 2.66. The molecule has 0 radical (unpaired) electrons. The van der Waals surface area contributed by atoms with Crippen molar-refractivity contribution in [3.8, 4) is 6.07 Å². The Bertz CT molecular complexity index is 1070. The first-order valence-corrected chi connectivity index (χ1v) is 9.77. The summed E-state index contributed by atoms with van der Waals surface area (Å²) in [6.07, 6.45) is 3.88. The second-order valence-electron chi connectivity index (χ2n) is 7.90. The van der Waals surface area contributed by atoms with Crippen molar-refractivity contribution in [1.82, 2.24) is 0 Å². The fourth-order valence-corrected chi connectivity index (χ4v) is 3.63. The molecular weight excluding hydrogens is 382 g/mol. The Morgan fingerprint density at radius 3 is 2.48 bits per heavy atom. The van der Waals surface area contributed by atoms with Crippen LogP contribution in [0.1, 0.15) is 37.5 Å². The highest BCUT2D eigenvalue weighted by molar-refractivity contribution is 6.30. The summed E-state index contributed by atoms with van der Waals surface area (Å²) >= 11 is 5.88. The normalized spacial score (nSPS) is 15.3. The first kappa shape index (κ1) is 20.7. The van der Waals surface area contributed by atoms with E-state index in [1.165, 1.54) is 5.57 Å². The molecule has 0 aliphatic carbocycles. The smallest absolute Gasteiger partial charge is 0.266 e. The highest BCUT2D eigenvalue weighted by Crippen LogP contribution is 2.39. The molecule has 0 unspecified atom stereocenters. The third-order valence-corrected chi connectivity index (χ3v) is 5.62. The lowest BCUT2D eigenvalue weighted by Crippen LogP contribution is -2.42. The fraction of sp³-hybridized carbons (Fsp3) is 0.250. The van der Waals surface area contributed by atoms with Crippen LogP contribution in [0.5, 0.6) is 0 Å². The van der Waals surface area contributed by atoms with E-state index >= 15 is 0 Å². The van der Waals surface area contributed by atoms with Gasteiger partial charge in [0, 0.05) is 29.0 Å². The van der Waals surface area contributed by atoms with E-state index in [0.717, 1.165) is 22.4 Å². The van der Waals surface area contributed by atoms with Crippen LogP contribution in [0.2, 0.25) is 5.02 Å². The molecule has 1 aliphatic heterocycles. The van der Waals surface area contributed by atoms with Gasteiger partial charge in [-0.15, -0.1) is 0 Å². The second kappa shape index (κ2) is 7.77. The molecule has 0 bridgehead atoms. The quantitative estimate of drug-likeness (QED) is 0.516. The second-order valence-corrected chi connectivity index (χ2v) is 8.33. The number of fused-ring (bicyclic) bond motifs is 1. The van der Waals surface area contributed by atoms with Crippen LogP contribution in [-0.4, -0.2) is 18.5 Å². The van der Waals surface area contributed by atoms with E-state index in [1.807, 2.05) is 13.0 Å². The van der Waals surface area contributed by atoms with Crippen LogP contribution in [0.25, 0.3) is 11.6 Å². The van der Waals surface area contributed by atoms with Crippen molar-refractivity contribution >= 4 is 40.5 Å². The number of hydrogen-bond donors (Lipinski definition) is 1. The topological polar surface area (TPSA) is 56.1 Å². The van der Waals surface area contributed by atoms with Gasteiger partial charge in [0.05, 0.1) is 5.54 Å². The molecule has 4 nitrogen and oxygen atoms in total. The lowest BCUT2D eigenvalue weighted by Gasteiger charge is -2.41. The molecule has 0 saturated heterocycles. The Labute approximate surface area is 177 Å². The van der Waals surface area contributed by atoms with E-state index in [9.17, 15) is 10.1 Å². The molecule has 0 aromatic heterocycles. The van der Waals surface area contributed by atoms with Gasteiger partial charge in [-0.3, -0.25) is 4.79 Å². The fourth-order valence-electron chi connectivity index (χ4n) is 3.51. The summed E-state index contributed by atoms with van der Waals surface area (Å²) in [7, 11) is 2.08.